The molecule has 5 nitrogen and oxygen atoms in total. The fourth-order valence-electron chi connectivity index (χ4n) is 2.04. The van der Waals surface area contributed by atoms with Gasteiger partial charge in [0, 0.05) is 31.4 Å². The molecule has 5 heteroatoms. The average Bonchev–Trinajstić information content (AvgIpc) is 2.30. The summed E-state index contributed by atoms with van der Waals surface area (Å²) in [5, 5.41) is 0. The van der Waals surface area contributed by atoms with Crippen LogP contribution in [0.5, 0.6) is 0 Å². The summed E-state index contributed by atoms with van der Waals surface area (Å²) in [4.78, 5) is 19.0. The third-order valence-electron chi connectivity index (χ3n) is 3.05. The number of hydrogen-bond donors (Lipinski definition) is 2. The molecule has 1 aromatic rings. The van der Waals surface area contributed by atoms with Crippen molar-refractivity contribution >= 4 is 0 Å². The number of nitrogens with two attached hydrogens (primary N) is 1. The van der Waals surface area contributed by atoms with Crippen molar-refractivity contribution in [3.63, 3.8) is 0 Å². The highest BCUT2D eigenvalue weighted by Gasteiger charge is 2.19. The van der Waals surface area contributed by atoms with E-state index in [4.69, 9.17) is 10.5 Å². The fraction of sp³-hybridized carbons (Fsp3) is 0.636. The molecule has 1 aliphatic rings. The van der Waals surface area contributed by atoms with Gasteiger partial charge in [-0.05, 0) is 19.8 Å². The van der Waals surface area contributed by atoms with Crippen LogP contribution in [0.3, 0.4) is 0 Å². The van der Waals surface area contributed by atoms with Gasteiger partial charge >= 0.3 is 0 Å². The van der Waals surface area contributed by atoms with Crippen molar-refractivity contribution in [3.05, 3.63) is 27.4 Å². The molecule has 1 aliphatic heterocycles. The quantitative estimate of drug-likeness (QED) is 0.762. The highest BCUT2D eigenvalue weighted by atomic mass is 16.5. The van der Waals surface area contributed by atoms with Gasteiger partial charge < -0.3 is 15.5 Å². The number of aromatic amines is 1. The first-order valence-electron chi connectivity index (χ1n) is 5.60. The molecule has 88 valence electrons. The predicted molar refractivity (Wildman–Crippen MR) is 60.3 cm³/mol. The number of hydrogen-bond acceptors (Lipinski definition) is 4. The average molecular weight is 223 g/mol. The largest absolute Gasteiger partial charge is 0.381 e. The van der Waals surface area contributed by atoms with Crippen LogP contribution >= 0.6 is 0 Å². The van der Waals surface area contributed by atoms with E-state index in [2.05, 4.69) is 9.97 Å². The number of nitrogens with one attached hydrogen (secondary N) is 1. The molecule has 0 aliphatic carbocycles. The molecule has 1 fully saturated rings. The van der Waals surface area contributed by atoms with E-state index < -0.39 is 0 Å². The van der Waals surface area contributed by atoms with Crippen LogP contribution in [0.15, 0.2) is 4.79 Å². The van der Waals surface area contributed by atoms with Crippen molar-refractivity contribution < 1.29 is 4.74 Å². The van der Waals surface area contributed by atoms with Crippen LogP contribution in [0.25, 0.3) is 0 Å². The van der Waals surface area contributed by atoms with Crippen molar-refractivity contribution in [2.45, 2.75) is 32.2 Å². The third kappa shape index (κ3) is 2.15. The van der Waals surface area contributed by atoms with Crippen LogP contribution < -0.4 is 11.3 Å². The second kappa shape index (κ2) is 4.76. The molecular weight excluding hydrogens is 206 g/mol. The molecule has 1 aromatic heterocycles. The van der Waals surface area contributed by atoms with Gasteiger partial charge in [-0.3, -0.25) is 4.79 Å². The van der Waals surface area contributed by atoms with E-state index >= 15 is 0 Å². The van der Waals surface area contributed by atoms with Gasteiger partial charge in [-0.2, -0.15) is 0 Å². The summed E-state index contributed by atoms with van der Waals surface area (Å²) in [6.45, 7) is 3.56. The van der Waals surface area contributed by atoms with Crippen LogP contribution in [-0.2, 0) is 11.3 Å². The van der Waals surface area contributed by atoms with E-state index in [-0.39, 0.29) is 12.1 Å². The topological polar surface area (TPSA) is 81.0 Å². The molecule has 2 heterocycles. The van der Waals surface area contributed by atoms with Crippen LogP contribution in [0, 0.1) is 6.92 Å². The minimum absolute atomic E-state index is 0.100. The van der Waals surface area contributed by atoms with Gasteiger partial charge in [-0.15, -0.1) is 0 Å². The maximum Gasteiger partial charge on any atom is 0.255 e. The normalized spacial score (nSPS) is 17.6. The summed E-state index contributed by atoms with van der Waals surface area (Å²) in [5.74, 6) is 1.09. The summed E-state index contributed by atoms with van der Waals surface area (Å²) in [5.41, 5.74) is 6.72. The van der Waals surface area contributed by atoms with E-state index in [0.29, 0.717) is 11.5 Å². The Balaban J connectivity index is 2.31. The molecule has 0 radical (unpaired) electrons. The Labute approximate surface area is 94.0 Å². The van der Waals surface area contributed by atoms with Crippen LogP contribution in [-0.4, -0.2) is 23.2 Å². The Morgan fingerprint density at radius 3 is 2.75 bits per heavy atom. The summed E-state index contributed by atoms with van der Waals surface area (Å²) >= 11 is 0. The van der Waals surface area contributed by atoms with Crippen molar-refractivity contribution in [2.75, 3.05) is 13.2 Å². The summed E-state index contributed by atoms with van der Waals surface area (Å²) < 4.78 is 5.29. The molecule has 1 saturated heterocycles. The van der Waals surface area contributed by atoms with Crippen molar-refractivity contribution in [1.29, 1.82) is 0 Å². The lowest BCUT2D eigenvalue weighted by molar-refractivity contribution is 0.0835. The number of ether oxygens (including phenoxy) is 1. The van der Waals surface area contributed by atoms with E-state index in [9.17, 15) is 4.79 Å². The molecule has 0 amide bonds. The molecular formula is C11H17N3O2. The van der Waals surface area contributed by atoms with E-state index in [0.717, 1.165) is 37.6 Å². The van der Waals surface area contributed by atoms with Gasteiger partial charge in [0.05, 0.1) is 5.56 Å². The monoisotopic (exact) mass is 223 g/mol. The van der Waals surface area contributed by atoms with Gasteiger partial charge in [0.25, 0.3) is 5.56 Å². The maximum absolute atomic E-state index is 11.7. The molecule has 0 spiro atoms. The van der Waals surface area contributed by atoms with E-state index in [1.807, 2.05) is 6.92 Å². The van der Waals surface area contributed by atoms with E-state index in [1.54, 1.807) is 0 Å². The first-order chi connectivity index (χ1) is 7.72. The lowest BCUT2D eigenvalue weighted by Crippen LogP contribution is -2.25. The van der Waals surface area contributed by atoms with Gasteiger partial charge in [-0.1, -0.05) is 0 Å². The maximum atomic E-state index is 11.7. The number of rotatable bonds is 2. The Morgan fingerprint density at radius 2 is 2.19 bits per heavy atom. The highest BCUT2D eigenvalue weighted by molar-refractivity contribution is 5.17. The molecule has 0 atom stereocenters. The second-order valence-corrected chi connectivity index (χ2v) is 4.11. The Kier molecular flexibility index (Phi) is 3.36. The number of aromatic nitrogens is 2. The Hall–Kier alpha value is -1.20. The van der Waals surface area contributed by atoms with E-state index in [1.165, 1.54) is 0 Å². The molecule has 16 heavy (non-hydrogen) atoms. The molecule has 0 saturated carbocycles. The predicted octanol–water partition coefficient (Wildman–Crippen LogP) is 0.431. The lowest BCUT2D eigenvalue weighted by Gasteiger charge is -2.21. The Morgan fingerprint density at radius 1 is 1.50 bits per heavy atom. The number of nitrogens with zero attached hydrogens (tertiary/aromatic N) is 1. The molecule has 3 N–H and O–H groups in total. The lowest BCUT2D eigenvalue weighted by atomic mass is 9.99. The van der Waals surface area contributed by atoms with Gasteiger partial charge in [0.15, 0.2) is 0 Å². The van der Waals surface area contributed by atoms with Crippen molar-refractivity contribution in [1.82, 2.24) is 9.97 Å². The zero-order valence-electron chi connectivity index (χ0n) is 9.45. The Bertz CT molecular complexity index is 422. The van der Waals surface area contributed by atoms with Crippen LogP contribution in [0.1, 0.15) is 35.8 Å². The highest BCUT2D eigenvalue weighted by Crippen LogP contribution is 2.23. The smallest absolute Gasteiger partial charge is 0.255 e. The van der Waals surface area contributed by atoms with Crippen LogP contribution in [0.2, 0.25) is 0 Å². The fourth-order valence-corrected chi connectivity index (χ4v) is 2.04. The zero-order chi connectivity index (χ0) is 11.5. The summed E-state index contributed by atoms with van der Waals surface area (Å²) in [7, 11) is 0. The standard InChI is InChI=1S/C11H17N3O2/c1-7-9(6-12)11(15)14-10(13-7)8-2-4-16-5-3-8/h8H,2-6,12H2,1H3,(H,13,14,15). The second-order valence-electron chi connectivity index (χ2n) is 4.11. The molecule has 0 aromatic carbocycles. The molecule has 2 rings (SSSR count). The van der Waals surface area contributed by atoms with Gasteiger partial charge in [-0.25, -0.2) is 4.98 Å². The molecule has 0 unspecified atom stereocenters. The number of H-pyrrole nitrogens is 1. The first kappa shape index (κ1) is 11.3. The van der Waals surface area contributed by atoms with Crippen LogP contribution in [0.4, 0.5) is 0 Å². The minimum Gasteiger partial charge on any atom is -0.381 e. The van der Waals surface area contributed by atoms with Crippen molar-refractivity contribution in [3.8, 4) is 0 Å². The minimum atomic E-state index is -0.100. The summed E-state index contributed by atoms with van der Waals surface area (Å²) in [6.07, 6.45) is 1.84. The zero-order valence-corrected chi connectivity index (χ0v) is 9.45. The molecule has 0 bridgehead atoms. The first-order valence-corrected chi connectivity index (χ1v) is 5.60. The van der Waals surface area contributed by atoms with Crippen molar-refractivity contribution in [2.24, 2.45) is 5.73 Å². The SMILES string of the molecule is Cc1nc(C2CCOCC2)[nH]c(=O)c1CN. The van der Waals surface area contributed by atoms with Gasteiger partial charge in [0.1, 0.15) is 5.82 Å². The van der Waals surface area contributed by atoms with Gasteiger partial charge in [0.2, 0.25) is 0 Å². The third-order valence-corrected chi connectivity index (χ3v) is 3.05. The summed E-state index contributed by atoms with van der Waals surface area (Å²) in [6, 6.07) is 0. The number of aryl methyl sites for hydroxylation is 1.